The van der Waals surface area contributed by atoms with E-state index in [2.05, 4.69) is 0 Å². The van der Waals surface area contributed by atoms with Gasteiger partial charge in [0.1, 0.15) is 0 Å². The van der Waals surface area contributed by atoms with Gasteiger partial charge < -0.3 is 0 Å². The standard InChI is InChI=1S/C13H14Cl2F3N2/c1-3-4-5-20-11-7-9(15)8(14)6-10(11)19(2)12(20)13(16,17)18/h6-7H,3-5H2,1-2H3/q+1. The fourth-order valence-electron chi connectivity index (χ4n) is 2.31. The van der Waals surface area contributed by atoms with Crippen molar-refractivity contribution in [1.82, 2.24) is 4.57 Å². The minimum absolute atomic E-state index is 0.246. The molecule has 20 heavy (non-hydrogen) atoms. The largest absolute Gasteiger partial charge is 0.495 e. The van der Waals surface area contributed by atoms with Gasteiger partial charge in [-0.1, -0.05) is 36.5 Å². The van der Waals surface area contributed by atoms with Crippen LogP contribution in [0, 0.1) is 0 Å². The van der Waals surface area contributed by atoms with E-state index in [1.807, 2.05) is 6.92 Å². The second-order valence-corrected chi connectivity index (χ2v) is 5.46. The molecule has 0 saturated carbocycles. The number of fused-ring (bicyclic) bond motifs is 1. The van der Waals surface area contributed by atoms with Crippen molar-refractivity contribution in [2.75, 3.05) is 0 Å². The lowest BCUT2D eigenvalue weighted by Gasteiger charge is -2.05. The molecule has 2 nitrogen and oxygen atoms in total. The molecule has 0 unspecified atom stereocenters. The maximum atomic E-state index is 13.3. The van der Waals surface area contributed by atoms with Gasteiger partial charge in [0.2, 0.25) is 0 Å². The van der Waals surface area contributed by atoms with Gasteiger partial charge in [-0.3, -0.25) is 0 Å². The first-order valence-corrected chi connectivity index (χ1v) is 6.97. The Kier molecular flexibility index (Phi) is 4.21. The predicted octanol–water partition coefficient (Wildman–Crippen LogP) is 4.59. The number of hydrogen-bond donors (Lipinski definition) is 0. The van der Waals surface area contributed by atoms with Gasteiger partial charge in [-0.2, -0.15) is 13.2 Å². The topological polar surface area (TPSA) is 8.81 Å². The molecular formula is C13H14Cl2F3N2+. The Morgan fingerprint density at radius 1 is 1.20 bits per heavy atom. The van der Waals surface area contributed by atoms with Crippen LogP contribution in [0.1, 0.15) is 25.6 Å². The normalized spacial score (nSPS) is 12.3. The summed E-state index contributed by atoms with van der Waals surface area (Å²) >= 11 is 11.8. The number of benzene rings is 1. The molecule has 0 N–H and O–H groups in total. The Morgan fingerprint density at radius 3 is 2.35 bits per heavy atom. The molecule has 110 valence electrons. The third-order valence-corrected chi connectivity index (χ3v) is 3.95. The summed E-state index contributed by atoms with van der Waals surface area (Å²) in [5.41, 5.74) is 0.866. The van der Waals surface area contributed by atoms with E-state index in [-0.39, 0.29) is 10.0 Å². The molecule has 1 heterocycles. The first kappa shape index (κ1) is 15.4. The van der Waals surface area contributed by atoms with Gasteiger partial charge >= 0.3 is 12.0 Å². The lowest BCUT2D eigenvalue weighted by molar-refractivity contribution is -0.667. The second kappa shape index (κ2) is 5.45. The van der Waals surface area contributed by atoms with E-state index < -0.39 is 12.0 Å². The lowest BCUT2D eigenvalue weighted by Crippen LogP contribution is -2.38. The molecule has 0 radical (unpaired) electrons. The molecule has 0 bridgehead atoms. The molecule has 1 aromatic heterocycles. The summed E-state index contributed by atoms with van der Waals surface area (Å²) in [6.45, 7) is 2.23. The summed E-state index contributed by atoms with van der Waals surface area (Å²) in [6, 6.07) is 2.96. The van der Waals surface area contributed by atoms with E-state index in [4.69, 9.17) is 23.2 Å². The minimum Gasteiger partial charge on any atom is -0.222 e. The molecule has 0 amide bonds. The smallest absolute Gasteiger partial charge is 0.222 e. The van der Waals surface area contributed by atoms with Crippen LogP contribution in [0.5, 0.6) is 0 Å². The minimum atomic E-state index is -4.43. The molecule has 7 heteroatoms. The molecule has 0 aliphatic heterocycles. The zero-order valence-corrected chi connectivity index (χ0v) is 12.6. The van der Waals surface area contributed by atoms with Crippen LogP contribution in [0.15, 0.2) is 12.1 Å². The van der Waals surface area contributed by atoms with Crippen LogP contribution in [0.25, 0.3) is 11.0 Å². The molecule has 0 spiro atoms. The highest BCUT2D eigenvalue weighted by Crippen LogP contribution is 2.33. The van der Waals surface area contributed by atoms with E-state index in [1.165, 1.54) is 23.7 Å². The van der Waals surface area contributed by atoms with Crippen molar-refractivity contribution >= 4 is 34.2 Å². The summed E-state index contributed by atoms with van der Waals surface area (Å²) < 4.78 is 42.2. The van der Waals surface area contributed by atoms with Crippen LogP contribution >= 0.6 is 23.2 Å². The lowest BCUT2D eigenvalue weighted by atomic mass is 10.3. The molecule has 2 rings (SSSR count). The summed E-state index contributed by atoms with van der Waals surface area (Å²) in [7, 11) is 1.39. The summed E-state index contributed by atoms with van der Waals surface area (Å²) in [5.74, 6) is -0.695. The van der Waals surface area contributed by atoms with Crippen LogP contribution in [0.4, 0.5) is 13.2 Å². The third kappa shape index (κ3) is 2.61. The number of nitrogens with zero attached hydrogens (tertiary/aromatic N) is 2. The summed E-state index contributed by atoms with van der Waals surface area (Å²) in [6.07, 6.45) is -2.96. The van der Waals surface area contributed by atoms with Gasteiger partial charge in [0.05, 0.1) is 23.6 Å². The zero-order chi connectivity index (χ0) is 15.1. The molecular weight excluding hydrogens is 312 g/mol. The van der Waals surface area contributed by atoms with Crippen LogP contribution < -0.4 is 4.57 Å². The SMILES string of the molecule is CCCCn1c(C(F)(F)F)[n+](C)c2cc(Cl)c(Cl)cc21. The van der Waals surface area contributed by atoms with Gasteiger partial charge in [0.25, 0.3) is 0 Å². The van der Waals surface area contributed by atoms with E-state index >= 15 is 0 Å². The van der Waals surface area contributed by atoms with Crippen molar-refractivity contribution in [3.63, 3.8) is 0 Å². The quantitative estimate of drug-likeness (QED) is 0.730. The van der Waals surface area contributed by atoms with Gasteiger partial charge in [-0.05, 0) is 6.42 Å². The molecule has 0 saturated heterocycles. The van der Waals surface area contributed by atoms with E-state index in [0.29, 0.717) is 24.0 Å². The van der Waals surface area contributed by atoms with Crippen LogP contribution in [-0.2, 0) is 19.8 Å². The number of rotatable bonds is 3. The molecule has 2 aromatic rings. The van der Waals surface area contributed by atoms with Gasteiger partial charge in [-0.15, -0.1) is 0 Å². The van der Waals surface area contributed by atoms with Crippen LogP contribution in [0.2, 0.25) is 10.0 Å². The average Bonchev–Trinajstić information content (AvgIpc) is 2.60. The van der Waals surface area contributed by atoms with E-state index in [1.54, 1.807) is 0 Å². The van der Waals surface area contributed by atoms with Crippen molar-refractivity contribution in [3.8, 4) is 0 Å². The van der Waals surface area contributed by atoms with Gasteiger partial charge in [0.15, 0.2) is 11.0 Å². The number of hydrogen-bond acceptors (Lipinski definition) is 0. The number of imidazole rings is 1. The monoisotopic (exact) mass is 325 g/mol. The highest BCUT2D eigenvalue weighted by atomic mass is 35.5. The maximum absolute atomic E-state index is 13.3. The Balaban J connectivity index is 2.79. The number of alkyl halides is 3. The third-order valence-electron chi connectivity index (χ3n) is 3.23. The molecule has 0 fully saturated rings. The van der Waals surface area contributed by atoms with Crippen molar-refractivity contribution in [2.24, 2.45) is 7.05 Å². The van der Waals surface area contributed by atoms with E-state index in [9.17, 15) is 13.2 Å². The Labute approximate surface area is 124 Å². The first-order valence-electron chi connectivity index (χ1n) is 6.21. The highest BCUT2D eigenvalue weighted by molar-refractivity contribution is 6.42. The van der Waals surface area contributed by atoms with Gasteiger partial charge in [0, 0.05) is 12.1 Å². The summed E-state index contributed by atoms with van der Waals surface area (Å²) in [5, 5.41) is 0.500. The van der Waals surface area contributed by atoms with Crippen LogP contribution in [0.3, 0.4) is 0 Å². The zero-order valence-electron chi connectivity index (χ0n) is 11.1. The Morgan fingerprint density at radius 2 is 1.80 bits per heavy atom. The van der Waals surface area contributed by atoms with Crippen molar-refractivity contribution in [3.05, 3.63) is 28.0 Å². The predicted molar refractivity (Wildman–Crippen MR) is 73.0 cm³/mol. The number of halogens is 5. The second-order valence-electron chi connectivity index (χ2n) is 4.64. The first-order chi connectivity index (χ1) is 9.27. The fraction of sp³-hybridized carbons (Fsp3) is 0.462. The fourth-order valence-corrected chi connectivity index (χ4v) is 2.62. The molecule has 0 aliphatic carbocycles. The Bertz CT molecular complexity index is 647. The Hall–Kier alpha value is -0.940. The average molecular weight is 326 g/mol. The summed E-state index contributed by atoms with van der Waals surface area (Å²) in [4.78, 5) is 0. The van der Waals surface area contributed by atoms with Gasteiger partial charge in [-0.25, -0.2) is 9.13 Å². The molecule has 1 aromatic carbocycles. The molecule has 0 aliphatic rings. The maximum Gasteiger partial charge on any atom is 0.495 e. The van der Waals surface area contributed by atoms with Crippen molar-refractivity contribution < 1.29 is 17.7 Å². The van der Waals surface area contributed by atoms with Crippen molar-refractivity contribution in [1.29, 1.82) is 0 Å². The van der Waals surface area contributed by atoms with Crippen molar-refractivity contribution in [2.45, 2.75) is 32.5 Å². The number of aryl methyl sites for hydroxylation is 2. The molecule has 0 atom stereocenters. The number of unbranched alkanes of at least 4 members (excludes halogenated alkanes) is 1. The van der Waals surface area contributed by atoms with E-state index in [0.717, 1.165) is 11.0 Å². The van der Waals surface area contributed by atoms with Crippen LogP contribution in [-0.4, -0.2) is 4.57 Å². The highest BCUT2D eigenvalue weighted by Gasteiger charge is 2.46. The number of aromatic nitrogens is 2.